The minimum atomic E-state index is -0.354. The molecule has 19 heavy (non-hydrogen) atoms. The maximum atomic E-state index is 11.7. The zero-order valence-corrected chi connectivity index (χ0v) is 11.4. The van der Waals surface area contributed by atoms with Crippen molar-refractivity contribution >= 4 is 23.4 Å². The van der Waals surface area contributed by atoms with Gasteiger partial charge in [-0.05, 0) is 24.1 Å². The predicted octanol–water partition coefficient (Wildman–Crippen LogP) is 0.814. The number of aliphatic hydroxyl groups is 1. The van der Waals surface area contributed by atoms with Crippen molar-refractivity contribution in [1.29, 1.82) is 0 Å². The fourth-order valence-electron chi connectivity index (χ4n) is 1.31. The van der Waals surface area contributed by atoms with Crippen molar-refractivity contribution in [1.82, 2.24) is 10.6 Å². The van der Waals surface area contributed by atoms with Gasteiger partial charge < -0.3 is 15.7 Å². The van der Waals surface area contributed by atoms with Crippen LogP contribution in [-0.2, 0) is 4.79 Å². The van der Waals surface area contributed by atoms with Gasteiger partial charge in [-0.2, -0.15) is 0 Å². The van der Waals surface area contributed by atoms with Crippen molar-refractivity contribution in [3.63, 3.8) is 0 Å². The summed E-state index contributed by atoms with van der Waals surface area (Å²) in [5.74, 6) is -0.656. The van der Waals surface area contributed by atoms with Crippen LogP contribution in [0.2, 0.25) is 5.02 Å². The molecule has 0 radical (unpaired) electrons. The Morgan fingerprint density at radius 1 is 1.37 bits per heavy atom. The lowest BCUT2D eigenvalue weighted by Gasteiger charge is -2.10. The first-order valence-corrected chi connectivity index (χ1v) is 6.32. The van der Waals surface area contributed by atoms with Gasteiger partial charge in [0.25, 0.3) is 5.91 Å². The standard InChI is InChI=1S/C13H17ClN2O3/c1-9(8-17)6-15-12(18)7-16-13(19)10-3-2-4-11(14)5-10/h2-5,9,17H,6-8H2,1H3,(H,15,18)(H,16,19). The van der Waals surface area contributed by atoms with Gasteiger partial charge in [0.05, 0.1) is 6.54 Å². The molecule has 1 unspecified atom stereocenters. The molecule has 0 aliphatic carbocycles. The Hall–Kier alpha value is -1.59. The average molecular weight is 285 g/mol. The number of aliphatic hydroxyl groups excluding tert-OH is 1. The van der Waals surface area contributed by atoms with E-state index in [-0.39, 0.29) is 30.9 Å². The summed E-state index contributed by atoms with van der Waals surface area (Å²) in [4.78, 5) is 23.1. The zero-order valence-electron chi connectivity index (χ0n) is 10.6. The van der Waals surface area contributed by atoms with Crippen LogP contribution in [0.1, 0.15) is 17.3 Å². The fourth-order valence-corrected chi connectivity index (χ4v) is 1.50. The Morgan fingerprint density at radius 3 is 2.74 bits per heavy atom. The van der Waals surface area contributed by atoms with Crippen LogP contribution in [0.25, 0.3) is 0 Å². The predicted molar refractivity (Wildman–Crippen MR) is 73.0 cm³/mol. The van der Waals surface area contributed by atoms with E-state index in [9.17, 15) is 9.59 Å². The third-order valence-electron chi connectivity index (χ3n) is 2.46. The Kier molecular flexibility index (Phi) is 6.32. The van der Waals surface area contributed by atoms with Crippen molar-refractivity contribution in [3.05, 3.63) is 34.9 Å². The summed E-state index contributed by atoms with van der Waals surface area (Å²) in [5.41, 5.74) is 0.407. The van der Waals surface area contributed by atoms with Gasteiger partial charge >= 0.3 is 0 Å². The van der Waals surface area contributed by atoms with Crippen LogP contribution in [0, 0.1) is 5.92 Å². The number of halogens is 1. The molecule has 1 rings (SSSR count). The summed E-state index contributed by atoms with van der Waals surface area (Å²) < 4.78 is 0. The van der Waals surface area contributed by atoms with E-state index in [0.29, 0.717) is 17.1 Å². The zero-order chi connectivity index (χ0) is 14.3. The third kappa shape index (κ3) is 5.72. The Labute approximate surface area is 117 Å². The van der Waals surface area contributed by atoms with Crippen LogP contribution < -0.4 is 10.6 Å². The molecular formula is C13H17ClN2O3. The summed E-state index contributed by atoms with van der Waals surface area (Å²) in [5, 5.41) is 14.4. The highest BCUT2D eigenvalue weighted by Gasteiger charge is 2.09. The second-order valence-electron chi connectivity index (χ2n) is 4.28. The maximum absolute atomic E-state index is 11.7. The van der Waals surface area contributed by atoms with Crippen LogP contribution in [0.4, 0.5) is 0 Å². The van der Waals surface area contributed by atoms with E-state index < -0.39 is 0 Å². The van der Waals surface area contributed by atoms with E-state index in [0.717, 1.165) is 0 Å². The first-order chi connectivity index (χ1) is 9.02. The molecule has 5 nitrogen and oxygen atoms in total. The summed E-state index contributed by atoms with van der Waals surface area (Å²) in [6, 6.07) is 6.48. The summed E-state index contributed by atoms with van der Waals surface area (Å²) in [6.07, 6.45) is 0. The Balaban J connectivity index is 2.36. The van der Waals surface area contributed by atoms with Gasteiger partial charge in [-0.15, -0.1) is 0 Å². The molecule has 6 heteroatoms. The summed E-state index contributed by atoms with van der Waals surface area (Å²) in [7, 11) is 0. The molecule has 0 aliphatic rings. The molecule has 1 aromatic carbocycles. The van der Waals surface area contributed by atoms with E-state index in [2.05, 4.69) is 10.6 Å². The maximum Gasteiger partial charge on any atom is 0.251 e. The molecule has 0 aliphatic heterocycles. The molecule has 1 aromatic rings. The van der Waals surface area contributed by atoms with E-state index in [1.807, 2.05) is 6.92 Å². The topological polar surface area (TPSA) is 78.4 Å². The first-order valence-electron chi connectivity index (χ1n) is 5.94. The monoisotopic (exact) mass is 284 g/mol. The molecule has 0 aromatic heterocycles. The number of benzene rings is 1. The molecule has 0 spiro atoms. The molecule has 0 heterocycles. The fraction of sp³-hybridized carbons (Fsp3) is 0.385. The van der Waals surface area contributed by atoms with Gasteiger partial charge in [-0.1, -0.05) is 24.6 Å². The van der Waals surface area contributed by atoms with Crippen molar-refractivity contribution in [2.45, 2.75) is 6.92 Å². The number of hydrogen-bond donors (Lipinski definition) is 3. The van der Waals surface area contributed by atoms with Gasteiger partial charge in [-0.3, -0.25) is 9.59 Å². The van der Waals surface area contributed by atoms with Crippen molar-refractivity contribution in [3.8, 4) is 0 Å². The van der Waals surface area contributed by atoms with E-state index in [1.54, 1.807) is 18.2 Å². The molecule has 3 N–H and O–H groups in total. The Morgan fingerprint density at radius 2 is 2.11 bits per heavy atom. The average Bonchev–Trinajstić information content (AvgIpc) is 2.41. The molecular weight excluding hydrogens is 268 g/mol. The first kappa shape index (κ1) is 15.5. The van der Waals surface area contributed by atoms with Gasteiger partial charge in [0.1, 0.15) is 0 Å². The molecule has 0 bridgehead atoms. The minimum Gasteiger partial charge on any atom is -0.396 e. The highest BCUT2D eigenvalue weighted by Crippen LogP contribution is 2.10. The SMILES string of the molecule is CC(CO)CNC(=O)CNC(=O)c1cccc(Cl)c1. The number of carbonyl (C=O) groups excluding carboxylic acids is 2. The highest BCUT2D eigenvalue weighted by atomic mass is 35.5. The number of rotatable bonds is 6. The number of nitrogens with one attached hydrogen (secondary N) is 2. The Bertz CT molecular complexity index is 451. The normalized spacial score (nSPS) is 11.7. The largest absolute Gasteiger partial charge is 0.396 e. The van der Waals surface area contributed by atoms with Crippen LogP contribution in [0.15, 0.2) is 24.3 Å². The molecule has 104 valence electrons. The number of hydrogen-bond acceptors (Lipinski definition) is 3. The number of carbonyl (C=O) groups is 2. The van der Waals surface area contributed by atoms with Crippen LogP contribution in [0.3, 0.4) is 0 Å². The van der Waals surface area contributed by atoms with Gasteiger partial charge in [0.2, 0.25) is 5.91 Å². The van der Waals surface area contributed by atoms with Gasteiger partial charge in [-0.25, -0.2) is 0 Å². The lowest BCUT2D eigenvalue weighted by atomic mass is 10.2. The van der Waals surface area contributed by atoms with Crippen LogP contribution >= 0.6 is 11.6 Å². The third-order valence-corrected chi connectivity index (χ3v) is 2.69. The summed E-state index contributed by atoms with van der Waals surface area (Å²) >= 11 is 5.77. The van der Waals surface area contributed by atoms with Crippen LogP contribution in [-0.4, -0.2) is 36.6 Å². The lowest BCUT2D eigenvalue weighted by molar-refractivity contribution is -0.120. The minimum absolute atomic E-state index is 0.00687. The van der Waals surface area contributed by atoms with E-state index >= 15 is 0 Å². The molecule has 0 saturated heterocycles. The molecule has 1 atom stereocenters. The van der Waals surface area contributed by atoms with Crippen LogP contribution in [0.5, 0.6) is 0 Å². The van der Waals surface area contributed by atoms with Gasteiger partial charge in [0.15, 0.2) is 0 Å². The highest BCUT2D eigenvalue weighted by molar-refractivity contribution is 6.30. The molecule has 0 fully saturated rings. The smallest absolute Gasteiger partial charge is 0.251 e. The van der Waals surface area contributed by atoms with Crippen molar-refractivity contribution in [2.75, 3.05) is 19.7 Å². The van der Waals surface area contributed by atoms with Crippen molar-refractivity contribution < 1.29 is 14.7 Å². The second-order valence-corrected chi connectivity index (χ2v) is 4.72. The molecule has 0 saturated carbocycles. The lowest BCUT2D eigenvalue weighted by Crippen LogP contribution is -2.39. The summed E-state index contributed by atoms with van der Waals surface area (Å²) in [6.45, 7) is 2.09. The van der Waals surface area contributed by atoms with Crippen molar-refractivity contribution in [2.24, 2.45) is 5.92 Å². The van der Waals surface area contributed by atoms with E-state index in [1.165, 1.54) is 6.07 Å². The quantitative estimate of drug-likeness (QED) is 0.723. The van der Waals surface area contributed by atoms with E-state index in [4.69, 9.17) is 16.7 Å². The number of amides is 2. The second kappa shape index (κ2) is 7.76. The van der Waals surface area contributed by atoms with Gasteiger partial charge in [0, 0.05) is 23.7 Å². The molecule has 2 amide bonds.